The van der Waals surface area contributed by atoms with Crippen molar-refractivity contribution in [1.82, 2.24) is 0 Å². The third-order valence-corrected chi connectivity index (χ3v) is 7.74. The first-order valence-electron chi connectivity index (χ1n) is 12.2. The summed E-state index contributed by atoms with van der Waals surface area (Å²) in [6.45, 7) is 5.98. The molecule has 0 bridgehead atoms. The summed E-state index contributed by atoms with van der Waals surface area (Å²) in [6.07, 6.45) is 16.2. The zero-order valence-corrected chi connectivity index (χ0v) is 19.9. The van der Waals surface area contributed by atoms with Gasteiger partial charge in [-0.2, -0.15) is 0 Å². The number of allylic oxidation sites excluding steroid dienone is 4. The molecule has 0 fully saturated rings. The molecule has 2 aromatic rings. The molecule has 2 unspecified atom stereocenters. The highest BCUT2D eigenvalue weighted by atomic mass is 35.5. The van der Waals surface area contributed by atoms with Gasteiger partial charge >= 0.3 is 0 Å². The van der Waals surface area contributed by atoms with Gasteiger partial charge < -0.3 is 0 Å². The van der Waals surface area contributed by atoms with Crippen LogP contribution < -0.4 is 0 Å². The fraction of sp³-hybridized carbons (Fsp3) is 0.400. The molecular formula is C30H34ClF. The van der Waals surface area contributed by atoms with Gasteiger partial charge in [0, 0.05) is 5.56 Å². The topological polar surface area (TPSA) is 0 Å². The second kappa shape index (κ2) is 10.7. The maximum atomic E-state index is 15.0. The lowest BCUT2D eigenvalue weighted by Crippen LogP contribution is -2.13. The highest BCUT2D eigenvalue weighted by Gasteiger charge is 2.25. The van der Waals surface area contributed by atoms with E-state index in [-0.39, 0.29) is 5.82 Å². The first kappa shape index (κ1) is 23.1. The molecule has 2 atom stereocenters. The van der Waals surface area contributed by atoms with Crippen LogP contribution in [-0.2, 0) is 6.42 Å². The van der Waals surface area contributed by atoms with Crippen LogP contribution in [0.3, 0.4) is 0 Å². The highest BCUT2D eigenvalue weighted by molar-refractivity contribution is 6.31. The van der Waals surface area contributed by atoms with Gasteiger partial charge in [-0.15, -0.1) is 0 Å². The van der Waals surface area contributed by atoms with Crippen molar-refractivity contribution in [3.05, 3.63) is 93.8 Å². The molecule has 32 heavy (non-hydrogen) atoms. The predicted molar refractivity (Wildman–Crippen MR) is 137 cm³/mol. The molecule has 0 radical (unpaired) electrons. The molecule has 0 N–H and O–H groups in total. The highest BCUT2D eigenvalue weighted by Crippen LogP contribution is 2.41. The first-order chi connectivity index (χ1) is 15.6. The number of hydrogen-bond acceptors (Lipinski definition) is 0. The lowest BCUT2D eigenvalue weighted by molar-refractivity contribution is 0.491. The van der Waals surface area contributed by atoms with Gasteiger partial charge in [0.05, 0.1) is 5.02 Å². The summed E-state index contributed by atoms with van der Waals surface area (Å²) >= 11 is 6.37. The monoisotopic (exact) mass is 448 g/mol. The quantitative estimate of drug-likeness (QED) is 0.370. The summed E-state index contributed by atoms with van der Waals surface area (Å²) in [5, 5.41) is 0.320. The Morgan fingerprint density at radius 3 is 2.38 bits per heavy atom. The fourth-order valence-corrected chi connectivity index (χ4v) is 5.50. The molecule has 2 aromatic carbocycles. The van der Waals surface area contributed by atoms with Crippen LogP contribution in [0, 0.1) is 11.7 Å². The molecule has 0 aliphatic heterocycles. The van der Waals surface area contributed by atoms with Gasteiger partial charge in [-0.25, -0.2) is 4.39 Å². The molecule has 0 amide bonds. The van der Waals surface area contributed by atoms with E-state index in [4.69, 9.17) is 11.6 Å². The number of hydrogen-bond donors (Lipinski definition) is 0. The van der Waals surface area contributed by atoms with E-state index < -0.39 is 0 Å². The smallest absolute Gasteiger partial charge is 0.149 e. The third-order valence-electron chi connectivity index (χ3n) is 7.33. The zero-order valence-electron chi connectivity index (χ0n) is 19.2. The van der Waals surface area contributed by atoms with Gasteiger partial charge in [-0.1, -0.05) is 91.7 Å². The van der Waals surface area contributed by atoms with Crippen LogP contribution in [-0.4, -0.2) is 0 Å². The molecular weight excluding hydrogens is 415 g/mol. The Labute approximate surface area is 197 Å². The lowest BCUT2D eigenvalue weighted by Gasteiger charge is -2.30. The minimum Gasteiger partial charge on any atom is -0.205 e. The number of unbranched alkanes of at least 4 members (excludes halogenated alkanes) is 1. The number of halogens is 2. The molecule has 0 heterocycles. The average Bonchev–Trinajstić information content (AvgIpc) is 2.85. The molecule has 0 spiro atoms. The van der Waals surface area contributed by atoms with Crippen LogP contribution in [0.2, 0.25) is 5.02 Å². The van der Waals surface area contributed by atoms with E-state index in [1.165, 1.54) is 24.0 Å². The molecule has 168 valence electrons. The van der Waals surface area contributed by atoms with Crippen molar-refractivity contribution < 1.29 is 4.39 Å². The number of aryl methyl sites for hydroxylation is 1. The van der Waals surface area contributed by atoms with E-state index in [0.717, 1.165) is 56.1 Å². The molecule has 4 rings (SSSR count). The SMILES string of the molecule is C=Cc1ccc(C2CC=C(C3CC=C(c4ccc(CCCC)c(Cl)c4F)CC3)CC2)cc1. The lowest BCUT2D eigenvalue weighted by atomic mass is 9.76. The Morgan fingerprint density at radius 2 is 1.75 bits per heavy atom. The van der Waals surface area contributed by atoms with Gasteiger partial charge in [0.15, 0.2) is 0 Å². The Morgan fingerprint density at radius 1 is 1.00 bits per heavy atom. The summed E-state index contributed by atoms with van der Waals surface area (Å²) in [5.41, 5.74) is 6.98. The van der Waals surface area contributed by atoms with Gasteiger partial charge in [0.2, 0.25) is 0 Å². The Hall–Kier alpha value is -2.12. The van der Waals surface area contributed by atoms with Crippen LogP contribution >= 0.6 is 11.6 Å². The van der Waals surface area contributed by atoms with Crippen molar-refractivity contribution in [1.29, 1.82) is 0 Å². The fourth-order valence-electron chi connectivity index (χ4n) is 5.25. The summed E-state index contributed by atoms with van der Waals surface area (Å²) in [7, 11) is 0. The van der Waals surface area contributed by atoms with Crippen molar-refractivity contribution in [2.24, 2.45) is 5.92 Å². The van der Waals surface area contributed by atoms with Gasteiger partial charge in [0.25, 0.3) is 0 Å². The van der Waals surface area contributed by atoms with Crippen molar-refractivity contribution in [3.8, 4) is 0 Å². The van der Waals surface area contributed by atoms with Crippen LogP contribution in [0.4, 0.5) is 4.39 Å². The summed E-state index contributed by atoms with van der Waals surface area (Å²) in [5.74, 6) is 0.993. The molecule has 2 aliphatic rings. The maximum absolute atomic E-state index is 15.0. The summed E-state index contributed by atoms with van der Waals surface area (Å²) in [6, 6.07) is 12.8. The molecule has 0 aromatic heterocycles. The second-order valence-corrected chi connectivity index (χ2v) is 9.70. The van der Waals surface area contributed by atoms with Crippen molar-refractivity contribution in [2.45, 2.75) is 70.6 Å². The Balaban J connectivity index is 1.40. The zero-order chi connectivity index (χ0) is 22.5. The van der Waals surface area contributed by atoms with Crippen LogP contribution in [0.25, 0.3) is 11.6 Å². The van der Waals surface area contributed by atoms with Crippen molar-refractivity contribution >= 4 is 23.3 Å². The predicted octanol–water partition coefficient (Wildman–Crippen LogP) is 9.54. The molecule has 2 heteroatoms. The van der Waals surface area contributed by atoms with E-state index in [1.807, 2.05) is 18.2 Å². The van der Waals surface area contributed by atoms with Crippen molar-refractivity contribution in [3.63, 3.8) is 0 Å². The van der Waals surface area contributed by atoms with Gasteiger partial charge in [-0.3, -0.25) is 0 Å². The van der Waals surface area contributed by atoms with Gasteiger partial charge in [-0.05, 0) is 85.5 Å². The van der Waals surface area contributed by atoms with Crippen molar-refractivity contribution in [2.75, 3.05) is 0 Å². The minimum atomic E-state index is -0.229. The Bertz CT molecular complexity index is 1010. The van der Waals surface area contributed by atoms with E-state index in [9.17, 15) is 4.39 Å². The van der Waals surface area contributed by atoms with E-state index in [2.05, 4.69) is 49.9 Å². The first-order valence-corrected chi connectivity index (χ1v) is 12.6. The maximum Gasteiger partial charge on any atom is 0.149 e. The normalized spacial score (nSPS) is 21.1. The molecule has 0 saturated heterocycles. The van der Waals surface area contributed by atoms with Crippen LogP contribution in [0.15, 0.2) is 60.7 Å². The van der Waals surface area contributed by atoms with E-state index in [0.29, 0.717) is 22.4 Å². The summed E-state index contributed by atoms with van der Waals surface area (Å²) in [4.78, 5) is 0. The average molecular weight is 449 g/mol. The summed E-state index contributed by atoms with van der Waals surface area (Å²) < 4.78 is 15.0. The third kappa shape index (κ3) is 5.09. The van der Waals surface area contributed by atoms with Crippen LogP contribution in [0.5, 0.6) is 0 Å². The standard InChI is InChI=1S/C30H34ClF/c1-3-5-6-27-19-20-28(30(32)29(27)31)26-17-15-25(16-18-26)24-13-11-23(12-14-24)22-9-7-21(4-2)8-10-22/h4,7-10,13,17,19-20,23,25H,2-3,5-6,11-12,14-16,18H2,1H3. The second-order valence-electron chi connectivity index (χ2n) is 9.33. The number of rotatable bonds is 7. The minimum absolute atomic E-state index is 0.229. The van der Waals surface area contributed by atoms with E-state index >= 15 is 0 Å². The molecule has 2 aliphatic carbocycles. The Kier molecular flexibility index (Phi) is 7.68. The van der Waals surface area contributed by atoms with Gasteiger partial charge in [0.1, 0.15) is 5.82 Å². The molecule has 0 nitrogen and oxygen atoms in total. The molecule has 0 saturated carbocycles. The van der Waals surface area contributed by atoms with E-state index in [1.54, 1.807) is 5.57 Å². The number of benzene rings is 2. The largest absolute Gasteiger partial charge is 0.205 e. The van der Waals surface area contributed by atoms with Crippen LogP contribution in [0.1, 0.15) is 86.5 Å².